The molecule has 1 heterocycles. The van der Waals surface area contributed by atoms with Gasteiger partial charge in [-0.25, -0.2) is 0 Å². The molecule has 0 aromatic heterocycles. The monoisotopic (exact) mass is 394 g/mol. The Labute approximate surface area is 175 Å². The van der Waals surface area contributed by atoms with Crippen molar-refractivity contribution in [3.63, 3.8) is 0 Å². The lowest BCUT2D eigenvalue weighted by molar-refractivity contribution is -0.136. The molecule has 0 fully saturated rings. The van der Waals surface area contributed by atoms with Crippen molar-refractivity contribution < 1.29 is 14.6 Å². The second-order valence-corrected chi connectivity index (χ2v) is 8.01. The molecule has 4 nitrogen and oxygen atoms in total. The van der Waals surface area contributed by atoms with E-state index in [9.17, 15) is 4.79 Å². The molecule has 2 unspecified atom stereocenters. The summed E-state index contributed by atoms with van der Waals surface area (Å²) in [6.07, 6.45) is 3.18. The number of aryl methyl sites for hydroxylation is 1. The van der Waals surface area contributed by atoms with Gasteiger partial charge in [0.2, 0.25) is 0 Å². The third-order valence-electron chi connectivity index (χ3n) is 5.84. The standard InChI is InChI=1S/C25H31NO3/c1-6-26(5)17(3)8-11-21-20-10-7-16(2)13-22(20)18(4)29-24-12-9-19(14-23(21)24)15-25(27)28/h7,9-14,17-18H,6,8,15H2,1-5H3,(H,27,28)/b21-11-/i/hD. The van der Waals surface area contributed by atoms with E-state index >= 15 is 0 Å². The first-order chi connectivity index (χ1) is 14.3. The Morgan fingerprint density at radius 2 is 2.10 bits per heavy atom. The van der Waals surface area contributed by atoms with Gasteiger partial charge < -0.3 is 14.7 Å². The molecule has 0 saturated heterocycles. The predicted molar refractivity (Wildman–Crippen MR) is 117 cm³/mol. The van der Waals surface area contributed by atoms with Crippen LogP contribution in [0.2, 0.25) is 0 Å². The third-order valence-corrected chi connectivity index (χ3v) is 5.84. The van der Waals surface area contributed by atoms with Crippen LogP contribution in [-0.2, 0) is 11.2 Å². The average Bonchev–Trinajstić information content (AvgIpc) is 2.85. The first kappa shape index (κ1) is 19.7. The zero-order valence-electron chi connectivity index (χ0n) is 19.0. The molecule has 29 heavy (non-hydrogen) atoms. The molecule has 0 spiro atoms. The van der Waals surface area contributed by atoms with Crippen LogP contribution in [0.15, 0.2) is 42.5 Å². The molecular weight excluding hydrogens is 362 g/mol. The number of benzene rings is 2. The Balaban J connectivity index is 2.13. The molecule has 4 heteroatoms. The highest BCUT2D eigenvalue weighted by Gasteiger charge is 2.24. The van der Waals surface area contributed by atoms with Crippen LogP contribution in [0, 0.1) is 6.92 Å². The minimum atomic E-state index is -0.572. The van der Waals surface area contributed by atoms with Crippen LogP contribution in [0.25, 0.3) is 7.00 Å². The van der Waals surface area contributed by atoms with Gasteiger partial charge in [-0.15, -0.1) is 0 Å². The molecule has 1 aliphatic rings. The minimum absolute atomic E-state index is 0.0648. The van der Waals surface area contributed by atoms with E-state index in [2.05, 4.69) is 69.0 Å². The van der Waals surface area contributed by atoms with Crippen LogP contribution in [-0.4, -0.2) is 35.6 Å². The SMILES string of the molecule is [2H]OC(=O)Cc1ccc2c(c1)/C(=C\CC(C)N(C)CC)c1ccc(C)cc1C(C)O2. The van der Waals surface area contributed by atoms with Crippen LogP contribution in [0.3, 0.4) is 0 Å². The van der Waals surface area contributed by atoms with Crippen LogP contribution >= 0.6 is 0 Å². The Morgan fingerprint density at radius 3 is 2.83 bits per heavy atom. The van der Waals surface area contributed by atoms with E-state index in [1.165, 1.54) is 16.7 Å². The summed E-state index contributed by atoms with van der Waals surface area (Å²) < 4.78 is 13.2. The van der Waals surface area contributed by atoms with Crippen molar-refractivity contribution in [2.45, 2.75) is 52.7 Å². The molecule has 3 rings (SSSR count). The summed E-state index contributed by atoms with van der Waals surface area (Å²) in [6, 6.07) is 12.7. The quantitative estimate of drug-likeness (QED) is 0.728. The summed E-state index contributed by atoms with van der Waals surface area (Å²) >= 11 is 0. The molecule has 0 amide bonds. The number of carboxylic acids is 1. The summed E-state index contributed by atoms with van der Waals surface area (Å²) in [5.74, 6) is 0.236. The number of fused-ring (bicyclic) bond motifs is 2. The highest BCUT2D eigenvalue weighted by molar-refractivity contribution is 5.86. The maximum absolute atomic E-state index is 11.6. The number of hydrogen-bond donors (Lipinski definition) is 1. The van der Waals surface area contributed by atoms with Crippen molar-refractivity contribution in [2.24, 2.45) is 0 Å². The van der Waals surface area contributed by atoms with E-state index in [-0.39, 0.29) is 12.5 Å². The summed E-state index contributed by atoms with van der Waals surface area (Å²) in [5, 5.41) is 4.11. The summed E-state index contributed by atoms with van der Waals surface area (Å²) in [7, 11) is 2.14. The normalized spacial score (nSPS) is 18.3. The molecule has 0 aliphatic carbocycles. The summed E-state index contributed by atoms with van der Waals surface area (Å²) in [5.41, 5.74) is 6.45. The molecule has 0 saturated carbocycles. The highest BCUT2D eigenvalue weighted by Crippen LogP contribution is 2.41. The lowest BCUT2D eigenvalue weighted by atomic mass is 9.89. The number of carboxylic acid groups (broad SMARTS) is 1. The first-order valence-corrected chi connectivity index (χ1v) is 10.3. The van der Waals surface area contributed by atoms with Crippen LogP contribution in [0.4, 0.5) is 0 Å². The molecule has 1 N–H and O–H groups in total. The smallest absolute Gasteiger partial charge is 0.307 e. The van der Waals surface area contributed by atoms with Gasteiger partial charge in [0.1, 0.15) is 11.9 Å². The molecule has 0 radical (unpaired) electrons. The molecule has 2 atom stereocenters. The summed E-state index contributed by atoms with van der Waals surface area (Å²) in [4.78, 5) is 14.0. The molecule has 2 aromatic carbocycles. The maximum Gasteiger partial charge on any atom is 0.307 e. The Bertz CT molecular complexity index is 953. The number of ether oxygens (including phenoxy) is 1. The van der Waals surface area contributed by atoms with Gasteiger partial charge in [-0.2, -0.15) is 0 Å². The summed E-state index contributed by atoms with van der Waals surface area (Å²) in [6.45, 7) is 9.56. The fraction of sp³-hybridized carbons (Fsp3) is 0.400. The van der Waals surface area contributed by atoms with Crippen molar-refractivity contribution in [1.29, 1.82) is 1.43 Å². The topological polar surface area (TPSA) is 49.8 Å². The van der Waals surface area contributed by atoms with E-state index in [1.807, 2.05) is 18.2 Å². The zero-order valence-corrected chi connectivity index (χ0v) is 18.0. The van der Waals surface area contributed by atoms with Crippen LogP contribution < -0.4 is 4.74 Å². The second kappa shape index (κ2) is 8.83. The molecule has 2 aromatic rings. The Hall–Kier alpha value is -2.59. The number of rotatable bonds is 6. The van der Waals surface area contributed by atoms with Crippen LogP contribution in [0.5, 0.6) is 5.75 Å². The molecule has 0 bridgehead atoms. The largest absolute Gasteiger partial charge is 0.485 e. The fourth-order valence-corrected chi connectivity index (χ4v) is 3.83. The van der Waals surface area contributed by atoms with Gasteiger partial charge in [0.25, 0.3) is 1.43 Å². The fourth-order valence-electron chi connectivity index (χ4n) is 3.83. The maximum atomic E-state index is 11.6. The zero-order chi connectivity index (χ0) is 21.8. The predicted octanol–water partition coefficient (Wildman–Crippen LogP) is 5.24. The van der Waals surface area contributed by atoms with Crippen molar-refractivity contribution >= 4 is 11.5 Å². The van der Waals surface area contributed by atoms with E-state index in [4.69, 9.17) is 6.17 Å². The van der Waals surface area contributed by atoms with Gasteiger partial charge in [0, 0.05) is 17.2 Å². The van der Waals surface area contributed by atoms with Gasteiger partial charge in [0.15, 0.2) is 0 Å². The lowest BCUT2D eigenvalue weighted by Crippen LogP contribution is -2.28. The van der Waals surface area contributed by atoms with Crippen molar-refractivity contribution in [1.82, 2.24) is 4.90 Å². The van der Waals surface area contributed by atoms with Gasteiger partial charge in [-0.05, 0) is 69.6 Å². The number of nitrogens with zero attached hydrogens (tertiary/aromatic N) is 1. The second-order valence-electron chi connectivity index (χ2n) is 8.01. The van der Waals surface area contributed by atoms with Crippen molar-refractivity contribution in [2.75, 3.05) is 13.6 Å². The number of aliphatic carboxylic acids is 1. The van der Waals surface area contributed by atoms with Crippen molar-refractivity contribution in [3.05, 3.63) is 70.3 Å². The molecular formula is C25H31NO3. The Morgan fingerprint density at radius 1 is 1.31 bits per heavy atom. The van der Waals surface area contributed by atoms with E-state index in [0.29, 0.717) is 6.04 Å². The Kier molecular flexibility index (Phi) is 6.00. The van der Waals surface area contributed by atoms with Crippen molar-refractivity contribution in [3.8, 4) is 5.75 Å². The number of hydrogen-bond acceptors (Lipinski definition) is 4. The van der Waals surface area contributed by atoms with Crippen LogP contribution in [0.1, 0.15) is 61.1 Å². The molecule has 154 valence electrons. The average molecular weight is 395 g/mol. The lowest BCUT2D eigenvalue weighted by Gasteiger charge is -2.22. The van der Waals surface area contributed by atoms with E-state index < -0.39 is 5.97 Å². The minimum Gasteiger partial charge on any atom is -0.485 e. The molecule has 1 aliphatic heterocycles. The number of carbonyl (C=O) groups is 1. The highest BCUT2D eigenvalue weighted by atomic mass is 16.5. The van der Waals surface area contributed by atoms with Gasteiger partial charge >= 0.3 is 5.97 Å². The van der Waals surface area contributed by atoms with Gasteiger partial charge in [0.05, 0.1) is 6.42 Å². The first-order valence-electron chi connectivity index (χ1n) is 10.7. The third kappa shape index (κ3) is 4.70. The van der Waals surface area contributed by atoms with E-state index in [0.717, 1.165) is 35.4 Å². The van der Waals surface area contributed by atoms with Gasteiger partial charge in [-0.3, -0.25) is 4.79 Å². The van der Waals surface area contributed by atoms with E-state index in [1.54, 1.807) is 0 Å². The van der Waals surface area contributed by atoms with Gasteiger partial charge in [-0.1, -0.05) is 42.8 Å².